The Kier molecular flexibility index (Phi) is 10.8. The number of anilines is 2. The minimum Gasteiger partial charge on any atom is -0.358 e. The Labute approximate surface area is 341 Å². The third-order valence-electron chi connectivity index (χ3n) is 10.4. The highest BCUT2D eigenvalue weighted by Crippen LogP contribution is 2.27. The number of hydrogen-bond acceptors (Lipinski definition) is 14. The molecule has 0 saturated heterocycles. The first kappa shape index (κ1) is 39.1. The molecule has 2 unspecified atom stereocenters. The van der Waals surface area contributed by atoms with Crippen LogP contribution in [-0.2, 0) is 6.54 Å². The fraction of sp³-hybridized carbons (Fsp3) is 0.333. The molecular formula is C39H42ClFN16O2. The van der Waals surface area contributed by atoms with Crippen molar-refractivity contribution in [3.8, 4) is 0 Å². The van der Waals surface area contributed by atoms with Gasteiger partial charge in [-0.2, -0.15) is 0 Å². The second-order valence-electron chi connectivity index (χ2n) is 13.8. The lowest BCUT2D eigenvalue weighted by molar-refractivity contribution is 0.498. The standard InChI is InChI=1S/C39H42ClFN16O2/c1-6-25(50-33-30-32(43-18-42-30)44-19-45-33)36-52-27-15-11-13-24(41)29(27)39(59)57(36)55(9-4)17-16-53-21-48-31-34(46-20-47-37(31)53)49-22(5)35-51-26-14-10-12-23(40)28(26)38(58)56(35)54(7-2)8-3/h10-15,18-22,25H,6-9,16-17H2,1-5H3,(H,46,47,49)(H2,42,43,44,45,50). The van der Waals surface area contributed by atoms with Gasteiger partial charge in [0.15, 0.2) is 34.6 Å². The lowest BCUT2D eigenvalue weighted by atomic mass is 10.1. The number of hydrogen-bond donors (Lipinski definition) is 3. The molecule has 8 aromatic rings. The van der Waals surface area contributed by atoms with Crippen LogP contribution in [0.5, 0.6) is 0 Å². The summed E-state index contributed by atoms with van der Waals surface area (Å²) in [6.07, 6.45) is 6.56. The summed E-state index contributed by atoms with van der Waals surface area (Å²) in [6.45, 7) is 11.9. The molecule has 8 rings (SSSR count). The number of H-pyrrole nitrogens is 1. The maximum Gasteiger partial charge on any atom is 0.283 e. The first-order chi connectivity index (χ1) is 28.7. The van der Waals surface area contributed by atoms with Gasteiger partial charge < -0.3 is 30.2 Å². The van der Waals surface area contributed by atoms with Gasteiger partial charge in [-0.05, 0) is 58.4 Å². The number of likely N-dealkylation sites (N-methyl/N-ethyl adjacent to an activating group) is 1. The van der Waals surface area contributed by atoms with E-state index in [2.05, 4.69) is 45.5 Å². The molecule has 0 saturated carbocycles. The van der Waals surface area contributed by atoms with E-state index in [1.54, 1.807) is 35.3 Å². The molecule has 6 aromatic heterocycles. The fourth-order valence-electron chi connectivity index (χ4n) is 7.39. The molecule has 6 heterocycles. The molecule has 0 radical (unpaired) electrons. The van der Waals surface area contributed by atoms with Gasteiger partial charge in [-0.15, -0.1) is 0 Å². The molecule has 0 aliphatic heterocycles. The van der Waals surface area contributed by atoms with Crippen molar-refractivity contribution in [1.82, 2.24) is 58.8 Å². The normalized spacial score (nSPS) is 12.7. The third-order valence-corrected chi connectivity index (χ3v) is 10.7. The molecule has 0 aliphatic carbocycles. The van der Waals surface area contributed by atoms with Crippen molar-refractivity contribution >= 4 is 67.4 Å². The molecule has 59 heavy (non-hydrogen) atoms. The quantitative estimate of drug-likeness (QED) is 0.124. The van der Waals surface area contributed by atoms with Gasteiger partial charge in [0.05, 0.1) is 52.7 Å². The van der Waals surface area contributed by atoms with Gasteiger partial charge >= 0.3 is 0 Å². The first-order valence-electron chi connectivity index (χ1n) is 19.4. The van der Waals surface area contributed by atoms with Gasteiger partial charge in [-0.25, -0.2) is 53.6 Å². The monoisotopic (exact) mass is 820 g/mol. The smallest absolute Gasteiger partial charge is 0.283 e. The number of aromatic amines is 1. The van der Waals surface area contributed by atoms with Crippen LogP contribution in [0.4, 0.5) is 16.0 Å². The topological polar surface area (TPSA) is 198 Å². The molecule has 2 atom stereocenters. The number of benzene rings is 2. The Balaban J connectivity index is 1.12. The van der Waals surface area contributed by atoms with E-state index in [1.165, 1.54) is 35.8 Å². The van der Waals surface area contributed by atoms with E-state index in [4.69, 9.17) is 21.6 Å². The summed E-state index contributed by atoms with van der Waals surface area (Å²) < 4.78 is 20.2. The van der Waals surface area contributed by atoms with Gasteiger partial charge in [0.25, 0.3) is 11.1 Å². The molecule has 3 N–H and O–H groups in total. The molecular weight excluding hydrogens is 779 g/mol. The molecule has 0 spiro atoms. The van der Waals surface area contributed by atoms with E-state index >= 15 is 4.39 Å². The van der Waals surface area contributed by atoms with Crippen molar-refractivity contribution in [2.45, 2.75) is 59.7 Å². The second kappa shape index (κ2) is 16.2. The number of aromatic nitrogens is 12. The summed E-state index contributed by atoms with van der Waals surface area (Å²) in [4.78, 5) is 67.8. The van der Waals surface area contributed by atoms with Crippen LogP contribution in [0.15, 0.2) is 71.3 Å². The van der Waals surface area contributed by atoms with E-state index in [-0.39, 0.29) is 16.5 Å². The van der Waals surface area contributed by atoms with Crippen LogP contribution in [0.25, 0.3) is 44.1 Å². The third kappa shape index (κ3) is 7.00. The molecule has 304 valence electrons. The maximum absolute atomic E-state index is 15.3. The SMILES string of the molecule is CCC(Nc1ncnc2nc[nH]c12)c1nc2cccc(F)c2c(=O)n1N(CC)CCn1cnc2c(NC(C)c3nc4cccc(Cl)c4c(=O)n3N(CC)CC)ncnc21. The molecule has 0 amide bonds. The molecule has 20 heteroatoms. The van der Waals surface area contributed by atoms with Crippen molar-refractivity contribution in [3.63, 3.8) is 0 Å². The Morgan fingerprint density at radius 3 is 2.24 bits per heavy atom. The van der Waals surface area contributed by atoms with E-state index in [0.29, 0.717) is 101 Å². The number of nitrogens with one attached hydrogen (secondary N) is 3. The fourth-order valence-corrected chi connectivity index (χ4v) is 7.64. The summed E-state index contributed by atoms with van der Waals surface area (Å²) in [5, 5.41) is 11.1. The molecule has 18 nitrogen and oxygen atoms in total. The summed E-state index contributed by atoms with van der Waals surface area (Å²) in [7, 11) is 0. The van der Waals surface area contributed by atoms with Crippen LogP contribution in [0.1, 0.15) is 64.8 Å². The van der Waals surface area contributed by atoms with Crippen molar-refractivity contribution < 1.29 is 4.39 Å². The van der Waals surface area contributed by atoms with E-state index in [1.807, 2.05) is 49.2 Å². The van der Waals surface area contributed by atoms with E-state index in [0.717, 1.165) is 0 Å². The number of rotatable bonds is 15. The second-order valence-corrected chi connectivity index (χ2v) is 14.2. The van der Waals surface area contributed by atoms with Crippen LogP contribution in [0, 0.1) is 5.82 Å². The minimum absolute atomic E-state index is 0.108. The lowest BCUT2D eigenvalue weighted by Gasteiger charge is -2.30. The first-order valence-corrected chi connectivity index (χ1v) is 19.8. The average Bonchev–Trinajstić information content (AvgIpc) is 3.90. The predicted molar refractivity (Wildman–Crippen MR) is 226 cm³/mol. The summed E-state index contributed by atoms with van der Waals surface area (Å²) in [6, 6.07) is 8.64. The highest BCUT2D eigenvalue weighted by Gasteiger charge is 2.26. The largest absolute Gasteiger partial charge is 0.358 e. The molecule has 0 aliphatic rings. The van der Waals surface area contributed by atoms with Crippen LogP contribution in [0.2, 0.25) is 5.02 Å². The van der Waals surface area contributed by atoms with Crippen LogP contribution < -0.4 is 31.8 Å². The van der Waals surface area contributed by atoms with Crippen LogP contribution in [-0.4, -0.2) is 85.0 Å². The minimum atomic E-state index is -0.657. The maximum atomic E-state index is 15.3. The zero-order valence-corrected chi connectivity index (χ0v) is 33.8. The predicted octanol–water partition coefficient (Wildman–Crippen LogP) is 5.08. The highest BCUT2D eigenvalue weighted by atomic mass is 35.5. The number of imidazole rings is 2. The Hall–Kier alpha value is -6.76. The summed E-state index contributed by atoms with van der Waals surface area (Å²) >= 11 is 6.49. The number of fused-ring (bicyclic) bond motifs is 4. The summed E-state index contributed by atoms with van der Waals surface area (Å²) in [5.41, 5.74) is 2.07. The van der Waals surface area contributed by atoms with Gasteiger partial charge in [-0.3, -0.25) is 9.59 Å². The Bertz CT molecular complexity index is 2940. The molecule has 0 bridgehead atoms. The molecule has 2 aromatic carbocycles. The average molecular weight is 821 g/mol. The van der Waals surface area contributed by atoms with Crippen LogP contribution >= 0.6 is 11.6 Å². The van der Waals surface area contributed by atoms with E-state index < -0.39 is 23.5 Å². The summed E-state index contributed by atoms with van der Waals surface area (Å²) in [5.74, 6) is 1.14. The Morgan fingerprint density at radius 2 is 1.47 bits per heavy atom. The van der Waals surface area contributed by atoms with Crippen LogP contribution in [0.3, 0.4) is 0 Å². The van der Waals surface area contributed by atoms with Crippen molar-refractivity contribution in [1.29, 1.82) is 0 Å². The number of halogens is 2. The van der Waals surface area contributed by atoms with Crippen molar-refractivity contribution in [3.05, 3.63) is 105 Å². The van der Waals surface area contributed by atoms with Gasteiger partial charge in [0.2, 0.25) is 0 Å². The Morgan fingerprint density at radius 1 is 0.797 bits per heavy atom. The van der Waals surface area contributed by atoms with Gasteiger partial charge in [0.1, 0.15) is 34.9 Å². The molecule has 0 fully saturated rings. The highest BCUT2D eigenvalue weighted by molar-refractivity contribution is 6.35. The van der Waals surface area contributed by atoms with Crippen molar-refractivity contribution in [2.24, 2.45) is 0 Å². The zero-order valence-electron chi connectivity index (χ0n) is 33.1. The lowest BCUT2D eigenvalue weighted by Crippen LogP contribution is -2.47. The zero-order chi connectivity index (χ0) is 41.4. The van der Waals surface area contributed by atoms with Gasteiger partial charge in [-0.1, -0.05) is 30.7 Å². The van der Waals surface area contributed by atoms with Crippen molar-refractivity contribution in [2.75, 3.05) is 46.8 Å². The van der Waals surface area contributed by atoms with E-state index in [9.17, 15) is 9.59 Å². The van der Waals surface area contributed by atoms with Gasteiger partial charge in [0, 0.05) is 26.2 Å². The number of nitrogens with zero attached hydrogens (tertiary/aromatic N) is 13.